The van der Waals surface area contributed by atoms with Gasteiger partial charge in [-0.1, -0.05) is 6.07 Å². The van der Waals surface area contributed by atoms with E-state index in [1.807, 2.05) is 0 Å². The van der Waals surface area contributed by atoms with E-state index in [1.54, 1.807) is 0 Å². The molecule has 82 valence electrons. The summed E-state index contributed by atoms with van der Waals surface area (Å²) >= 11 is 0. The molecule has 2 aromatic rings. The molecule has 2 aromatic carbocycles. The predicted octanol–water partition coefficient (Wildman–Crippen LogP) is 3.35. The van der Waals surface area contributed by atoms with Crippen LogP contribution in [0.2, 0.25) is 0 Å². The highest BCUT2D eigenvalue weighted by molar-refractivity contribution is 5.65. The van der Waals surface area contributed by atoms with Crippen molar-refractivity contribution in [3.63, 3.8) is 0 Å². The third-order valence-electron chi connectivity index (χ3n) is 2.20. The highest BCUT2D eigenvalue weighted by atomic mass is 19.1. The third-order valence-corrected chi connectivity index (χ3v) is 2.20. The zero-order chi connectivity index (χ0) is 11.7. The summed E-state index contributed by atoms with van der Waals surface area (Å²) in [7, 11) is 0. The molecule has 1 nitrogen and oxygen atoms in total. The molecule has 0 fully saturated rings. The van der Waals surface area contributed by atoms with Gasteiger partial charge in [0, 0.05) is 6.07 Å². The molecule has 2 N–H and O–H groups in total. The van der Waals surface area contributed by atoms with Crippen molar-refractivity contribution in [3.05, 3.63) is 53.8 Å². The number of nitrogen functional groups attached to an aromatic ring is 1. The standard InChI is InChI=1S/C12H8F3N/c13-9-3-8(4-10(14)6-9)7-1-2-12(16)11(15)5-7/h1-6H,16H2. The second-order valence-electron chi connectivity index (χ2n) is 3.39. The van der Waals surface area contributed by atoms with Crippen LogP contribution in [-0.2, 0) is 0 Å². The van der Waals surface area contributed by atoms with Crippen LogP contribution in [0, 0.1) is 17.5 Å². The Hall–Kier alpha value is -1.97. The number of nitrogens with two attached hydrogens (primary N) is 1. The predicted molar refractivity (Wildman–Crippen MR) is 56.2 cm³/mol. The maximum absolute atomic E-state index is 13.2. The Balaban J connectivity index is 2.54. The largest absolute Gasteiger partial charge is 0.396 e. The van der Waals surface area contributed by atoms with Gasteiger partial charge in [0.05, 0.1) is 5.69 Å². The molecule has 16 heavy (non-hydrogen) atoms. The van der Waals surface area contributed by atoms with Crippen LogP contribution < -0.4 is 5.73 Å². The highest BCUT2D eigenvalue weighted by Gasteiger charge is 2.05. The van der Waals surface area contributed by atoms with Crippen LogP contribution in [0.4, 0.5) is 18.9 Å². The zero-order valence-corrected chi connectivity index (χ0v) is 8.18. The molecule has 2 rings (SSSR count). The number of anilines is 1. The summed E-state index contributed by atoms with van der Waals surface area (Å²) in [6.45, 7) is 0. The van der Waals surface area contributed by atoms with E-state index in [1.165, 1.54) is 12.1 Å². The molecule has 0 saturated carbocycles. The molecule has 0 saturated heterocycles. The number of hydrogen-bond donors (Lipinski definition) is 1. The van der Waals surface area contributed by atoms with Crippen molar-refractivity contribution in [2.75, 3.05) is 5.73 Å². The number of hydrogen-bond acceptors (Lipinski definition) is 1. The summed E-state index contributed by atoms with van der Waals surface area (Å²) in [6.07, 6.45) is 0. The molecule has 0 heterocycles. The van der Waals surface area contributed by atoms with Gasteiger partial charge in [0.15, 0.2) is 0 Å². The lowest BCUT2D eigenvalue weighted by Gasteiger charge is -2.04. The first-order valence-electron chi connectivity index (χ1n) is 4.58. The van der Waals surface area contributed by atoms with Gasteiger partial charge < -0.3 is 5.73 Å². The second-order valence-corrected chi connectivity index (χ2v) is 3.39. The summed E-state index contributed by atoms with van der Waals surface area (Å²) < 4.78 is 39.0. The van der Waals surface area contributed by atoms with Gasteiger partial charge in [0.1, 0.15) is 17.5 Å². The average Bonchev–Trinajstić information content (AvgIpc) is 2.20. The van der Waals surface area contributed by atoms with Crippen molar-refractivity contribution >= 4 is 5.69 Å². The van der Waals surface area contributed by atoms with Gasteiger partial charge >= 0.3 is 0 Å². The molecule has 0 atom stereocenters. The van der Waals surface area contributed by atoms with E-state index >= 15 is 0 Å². The van der Waals surface area contributed by atoms with Crippen molar-refractivity contribution in [2.45, 2.75) is 0 Å². The van der Waals surface area contributed by atoms with Crippen LogP contribution in [0.3, 0.4) is 0 Å². The molecule has 0 aliphatic rings. The summed E-state index contributed by atoms with van der Waals surface area (Å²) in [5.74, 6) is -2.01. The Morgan fingerprint density at radius 2 is 1.38 bits per heavy atom. The van der Waals surface area contributed by atoms with E-state index in [2.05, 4.69) is 0 Å². The van der Waals surface area contributed by atoms with E-state index in [0.717, 1.165) is 24.3 Å². The van der Waals surface area contributed by atoms with Crippen LogP contribution >= 0.6 is 0 Å². The van der Waals surface area contributed by atoms with Gasteiger partial charge in [-0.15, -0.1) is 0 Å². The molecule has 4 heteroatoms. The maximum Gasteiger partial charge on any atom is 0.146 e. The van der Waals surface area contributed by atoms with Gasteiger partial charge in [-0.05, 0) is 35.4 Å². The van der Waals surface area contributed by atoms with Gasteiger partial charge in [-0.25, -0.2) is 13.2 Å². The fourth-order valence-corrected chi connectivity index (χ4v) is 1.43. The normalized spacial score (nSPS) is 10.4. The molecule has 0 radical (unpaired) electrons. The first kappa shape index (κ1) is 10.5. The van der Waals surface area contributed by atoms with E-state index in [4.69, 9.17) is 5.73 Å². The van der Waals surface area contributed by atoms with E-state index < -0.39 is 17.5 Å². The topological polar surface area (TPSA) is 26.0 Å². The summed E-state index contributed by atoms with van der Waals surface area (Å²) in [6, 6.07) is 7.03. The maximum atomic E-state index is 13.2. The first-order chi connectivity index (χ1) is 7.56. The van der Waals surface area contributed by atoms with Crippen LogP contribution in [-0.4, -0.2) is 0 Å². The van der Waals surface area contributed by atoms with E-state index in [9.17, 15) is 13.2 Å². The number of benzene rings is 2. The quantitative estimate of drug-likeness (QED) is 0.737. The minimum absolute atomic E-state index is 0.000579. The molecule has 0 bridgehead atoms. The fraction of sp³-hybridized carbons (Fsp3) is 0. The van der Waals surface area contributed by atoms with Crippen molar-refractivity contribution in [1.29, 1.82) is 0 Å². The Kier molecular flexibility index (Phi) is 2.56. The molecule has 0 aliphatic heterocycles. The molecule has 0 aliphatic carbocycles. The van der Waals surface area contributed by atoms with Crippen LogP contribution in [0.5, 0.6) is 0 Å². The SMILES string of the molecule is Nc1ccc(-c2cc(F)cc(F)c2)cc1F. The number of rotatable bonds is 1. The smallest absolute Gasteiger partial charge is 0.146 e. The molecule has 0 amide bonds. The van der Waals surface area contributed by atoms with Crippen molar-refractivity contribution in [2.24, 2.45) is 0 Å². The molecular weight excluding hydrogens is 215 g/mol. The van der Waals surface area contributed by atoms with E-state index in [0.29, 0.717) is 5.56 Å². The second kappa shape index (κ2) is 3.89. The van der Waals surface area contributed by atoms with Gasteiger partial charge in [-0.2, -0.15) is 0 Å². The Morgan fingerprint density at radius 1 is 0.750 bits per heavy atom. The van der Waals surface area contributed by atoms with Crippen molar-refractivity contribution < 1.29 is 13.2 Å². The van der Waals surface area contributed by atoms with Crippen LogP contribution in [0.15, 0.2) is 36.4 Å². The lowest BCUT2D eigenvalue weighted by molar-refractivity contribution is 0.584. The average molecular weight is 223 g/mol. The Morgan fingerprint density at radius 3 is 1.94 bits per heavy atom. The van der Waals surface area contributed by atoms with E-state index in [-0.39, 0.29) is 11.3 Å². The monoisotopic (exact) mass is 223 g/mol. The summed E-state index contributed by atoms with van der Waals surface area (Å²) in [5, 5.41) is 0. The van der Waals surface area contributed by atoms with Gasteiger partial charge in [0.25, 0.3) is 0 Å². The highest BCUT2D eigenvalue weighted by Crippen LogP contribution is 2.24. The Labute approximate surface area is 90.3 Å². The van der Waals surface area contributed by atoms with Crippen molar-refractivity contribution in [3.8, 4) is 11.1 Å². The van der Waals surface area contributed by atoms with Gasteiger partial charge in [-0.3, -0.25) is 0 Å². The molecule has 0 spiro atoms. The molecule has 0 unspecified atom stereocenters. The van der Waals surface area contributed by atoms with Crippen molar-refractivity contribution in [1.82, 2.24) is 0 Å². The minimum atomic E-state index is -0.702. The third kappa shape index (κ3) is 2.00. The lowest BCUT2D eigenvalue weighted by Crippen LogP contribution is -1.91. The molecule has 0 aromatic heterocycles. The van der Waals surface area contributed by atoms with Crippen LogP contribution in [0.1, 0.15) is 0 Å². The molecular formula is C12H8F3N. The summed E-state index contributed by atoms with van der Waals surface area (Å²) in [5.41, 5.74) is 5.96. The first-order valence-corrected chi connectivity index (χ1v) is 4.58. The number of halogens is 3. The zero-order valence-electron chi connectivity index (χ0n) is 8.18. The Bertz CT molecular complexity index is 518. The van der Waals surface area contributed by atoms with Crippen LogP contribution in [0.25, 0.3) is 11.1 Å². The van der Waals surface area contributed by atoms with Gasteiger partial charge in [0.2, 0.25) is 0 Å². The summed E-state index contributed by atoms with van der Waals surface area (Å²) in [4.78, 5) is 0. The fourth-order valence-electron chi connectivity index (χ4n) is 1.43. The minimum Gasteiger partial charge on any atom is -0.396 e. The lowest BCUT2D eigenvalue weighted by atomic mass is 10.0.